The molecule has 0 aromatic carbocycles. The van der Waals surface area contributed by atoms with Crippen molar-refractivity contribution in [1.29, 1.82) is 0 Å². The molecule has 4 nitrogen and oxygen atoms in total. The number of nitrogens with zero attached hydrogens (tertiary/aromatic N) is 1. The highest BCUT2D eigenvalue weighted by atomic mass is 32.1. The highest BCUT2D eigenvalue weighted by Crippen LogP contribution is 2.17. The summed E-state index contributed by atoms with van der Waals surface area (Å²) in [5.74, 6) is 1.43. The van der Waals surface area contributed by atoms with E-state index in [0.29, 0.717) is 10.9 Å². The zero-order valence-electron chi connectivity index (χ0n) is 9.69. The molecule has 2 rings (SSSR count). The molecule has 0 bridgehead atoms. The van der Waals surface area contributed by atoms with Gasteiger partial charge in [0.05, 0.1) is 5.56 Å². The average Bonchev–Trinajstić information content (AvgIpc) is 2.38. The van der Waals surface area contributed by atoms with Crippen LogP contribution in [0.4, 0.5) is 5.82 Å². The lowest BCUT2D eigenvalue weighted by Crippen LogP contribution is -2.24. The van der Waals surface area contributed by atoms with Crippen molar-refractivity contribution in [2.75, 3.05) is 25.1 Å². The maximum Gasteiger partial charge on any atom is 0.136 e. The molecule has 3 N–H and O–H groups in total. The molecule has 0 unspecified atom stereocenters. The molecule has 92 valence electrons. The van der Waals surface area contributed by atoms with E-state index >= 15 is 0 Å². The first-order valence-corrected chi connectivity index (χ1v) is 6.24. The van der Waals surface area contributed by atoms with Crippen LogP contribution in [0.5, 0.6) is 0 Å². The van der Waals surface area contributed by atoms with E-state index < -0.39 is 0 Å². The van der Waals surface area contributed by atoms with Crippen LogP contribution in [-0.2, 0) is 4.74 Å². The Balaban J connectivity index is 1.96. The van der Waals surface area contributed by atoms with E-state index in [-0.39, 0.29) is 0 Å². The Morgan fingerprint density at radius 1 is 1.53 bits per heavy atom. The Labute approximate surface area is 107 Å². The number of anilines is 1. The van der Waals surface area contributed by atoms with Gasteiger partial charge in [-0.05, 0) is 30.9 Å². The van der Waals surface area contributed by atoms with Crippen molar-refractivity contribution < 1.29 is 4.74 Å². The van der Waals surface area contributed by atoms with Crippen molar-refractivity contribution in [2.45, 2.75) is 12.8 Å². The summed E-state index contributed by atoms with van der Waals surface area (Å²) < 4.78 is 5.33. The Morgan fingerprint density at radius 2 is 2.29 bits per heavy atom. The molecule has 1 aromatic heterocycles. The molecular formula is C12H17N3OS. The van der Waals surface area contributed by atoms with E-state index in [1.807, 2.05) is 12.1 Å². The molecule has 0 aliphatic carbocycles. The third kappa shape index (κ3) is 3.38. The summed E-state index contributed by atoms with van der Waals surface area (Å²) in [4.78, 5) is 4.66. The van der Waals surface area contributed by atoms with Gasteiger partial charge in [0.1, 0.15) is 10.8 Å². The van der Waals surface area contributed by atoms with Crippen LogP contribution in [0.15, 0.2) is 18.3 Å². The molecular weight excluding hydrogens is 234 g/mol. The third-order valence-electron chi connectivity index (χ3n) is 2.97. The number of hydrogen-bond donors (Lipinski definition) is 2. The summed E-state index contributed by atoms with van der Waals surface area (Å²) in [7, 11) is 0. The molecule has 0 amide bonds. The second kappa shape index (κ2) is 5.93. The topological polar surface area (TPSA) is 60.2 Å². The molecule has 1 aromatic rings. The monoisotopic (exact) mass is 251 g/mol. The molecule has 1 fully saturated rings. The predicted molar refractivity (Wildman–Crippen MR) is 72.2 cm³/mol. The third-order valence-corrected chi connectivity index (χ3v) is 3.19. The van der Waals surface area contributed by atoms with Crippen LogP contribution in [0.25, 0.3) is 0 Å². The predicted octanol–water partition coefficient (Wildman–Crippen LogP) is 1.55. The van der Waals surface area contributed by atoms with E-state index in [4.69, 9.17) is 22.7 Å². The number of aromatic nitrogens is 1. The molecule has 0 saturated carbocycles. The van der Waals surface area contributed by atoms with Gasteiger partial charge in [-0.3, -0.25) is 0 Å². The molecule has 17 heavy (non-hydrogen) atoms. The number of nitrogens with one attached hydrogen (secondary N) is 1. The maximum absolute atomic E-state index is 5.65. The second-order valence-corrected chi connectivity index (χ2v) is 4.64. The van der Waals surface area contributed by atoms with Crippen LogP contribution in [-0.4, -0.2) is 29.7 Å². The minimum Gasteiger partial charge on any atom is -0.389 e. The number of rotatable bonds is 4. The van der Waals surface area contributed by atoms with E-state index in [1.54, 1.807) is 6.20 Å². The van der Waals surface area contributed by atoms with Crippen LogP contribution in [0.2, 0.25) is 0 Å². The summed E-state index contributed by atoms with van der Waals surface area (Å²) in [5, 5.41) is 3.33. The molecule has 1 aliphatic heterocycles. The minimum atomic E-state index is 0.382. The first kappa shape index (κ1) is 12.3. The average molecular weight is 251 g/mol. The van der Waals surface area contributed by atoms with Gasteiger partial charge in [0, 0.05) is 26.0 Å². The lowest BCUT2D eigenvalue weighted by Gasteiger charge is -2.22. The van der Waals surface area contributed by atoms with Gasteiger partial charge in [-0.2, -0.15) is 0 Å². The number of ether oxygens (including phenoxy) is 1. The van der Waals surface area contributed by atoms with Crippen molar-refractivity contribution in [3.05, 3.63) is 23.9 Å². The fourth-order valence-electron chi connectivity index (χ4n) is 1.94. The van der Waals surface area contributed by atoms with Gasteiger partial charge in [-0.1, -0.05) is 12.2 Å². The summed E-state index contributed by atoms with van der Waals surface area (Å²) >= 11 is 5.00. The van der Waals surface area contributed by atoms with Gasteiger partial charge in [0.2, 0.25) is 0 Å². The van der Waals surface area contributed by atoms with Crippen LogP contribution in [0.1, 0.15) is 18.4 Å². The van der Waals surface area contributed by atoms with Gasteiger partial charge in [-0.25, -0.2) is 4.98 Å². The second-order valence-electron chi connectivity index (χ2n) is 4.20. The van der Waals surface area contributed by atoms with Crippen molar-refractivity contribution in [2.24, 2.45) is 11.7 Å². The lowest BCUT2D eigenvalue weighted by atomic mass is 10.0. The highest BCUT2D eigenvalue weighted by molar-refractivity contribution is 7.80. The number of hydrogen-bond acceptors (Lipinski definition) is 4. The van der Waals surface area contributed by atoms with Crippen molar-refractivity contribution in [1.82, 2.24) is 4.98 Å². The van der Waals surface area contributed by atoms with Crippen LogP contribution >= 0.6 is 12.2 Å². The van der Waals surface area contributed by atoms with Gasteiger partial charge >= 0.3 is 0 Å². The van der Waals surface area contributed by atoms with E-state index in [0.717, 1.165) is 44.0 Å². The largest absolute Gasteiger partial charge is 0.389 e. The van der Waals surface area contributed by atoms with Gasteiger partial charge in [0.15, 0.2) is 0 Å². The summed E-state index contributed by atoms with van der Waals surface area (Å²) in [6.45, 7) is 2.61. The molecule has 0 atom stereocenters. The quantitative estimate of drug-likeness (QED) is 0.795. The Morgan fingerprint density at radius 3 is 3.00 bits per heavy atom. The highest BCUT2D eigenvalue weighted by Gasteiger charge is 2.14. The van der Waals surface area contributed by atoms with E-state index in [2.05, 4.69) is 10.3 Å². The zero-order chi connectivity index (χ0) is 12.1. The Hall–Kier alpha value is -1.20. The number of nitrogens with two attached hydrogens (primary N) is 1. The fourth-order valence-corrected chi connectivity index (χ4v) is 2.10. The first-order chi connectivity index (χ1) is 8.27. The molecule has 5 heteroatoms. The number of thiocarbonyl (C=S) groups is 1. The Kier molecular flexibility index (Phi) is 4.28. The molecule has 0 radical (unpaired) electrons. The molecule has 2 heterocycles. The smallest absolute Gasteiger partial charge is 0.136 e. The van der Waals surface area contributed by atoms with Crippen LogP contribution < -0.4 is 11.1 Å². The summed E-state index contributed by atoms with van der Waals surface area (Å²) in [6.07, 6.45) is 3.94. The van der Waals surface area contributed by atoms with Gasteiger partial charge < -0.3 is 15.8 Å². The maximum atomic E-state index is 5.65. The minimum absolute atomic E-state index is 0.382. The Bertz CT molecular complexity index is 391. The van der Waals surface area contributed by atoms with Crippen molar-refractivity contribution >= 4 is 23.0 Å². The van der Waals surface area contributed by atoms with Crippen LogP contribution in [0.3, 0.4) is 0 Å². The molecule has 0 spiro atoms. The summed E-state index contributed by atoms with van der Waals surface area (Å²) in [6, 6.07) is 3.73. The summed E-state index contributed by atoms with van der Waals surface area (Å²) in [5.41, 5.74) is 6.47. The zero-order valence-corrected chi connectivity index (χ0v) is 10.5. The SMILES string of the molecule is NC(=S)c1cccnc1NCC1CCOCC1. The van der Waals surface area contributed by atoms with Crippen molar-refractivity contribution in [3.63, 3.8) is 0 Å². The standard InChI is InChI=1S/C12H17N3OS/c13-11(17)10-2-1-5-14-12(10)15-8-9-3-6-16-7-4-9/h1-2,5,9H,3-4,6-8H2,(H2,13,17)(H,14,15). The molecule has 1 saturated heterocycles. The van der Waals surface area contributed by atoms with Gasteiger partial charge in [-0.15, -0.1) is 0 Å². The fraction of sp³-hybridized carbons (Fsp3) is 0.500. The first-order valence-electron chi connectivity index (χ1n) is 5.84. The van der Waals surface area contributed by atoms with Crippen molar-refractivity contribution in [3.8, 4) is 0 Å². The molecule has 1 aliphatic rings. The van der Waals surface area contributed by atoms with Crippen LogP contribution in [0, 0.1) is 5.92 Å². The van der Waals surface area contributed by atoms with E-state index in [9.17, 15) is 0 Å². The number of pyridine rings is 1. The van der Waals surface area contributed by atoms with Gasteiger partial charge in [0.25, 0.3) is 0 Å². The lowest BCUT2D eigenvalue weighted by molar-refractivity contribution is 0.0699. The van der Waals surface area contributed by atoms with E-state index in [1.165, 1.54) is 0 Å². The normalized spacial score (nSPS) is 16.7.